The molecule has 1 aromatic carbocycles. The van der Waals surface area contributed by atoms with Crippen molar-refractivity contribution in [3.63, 3.8) is 0 Å². The summed E-state index contributed by atoms with van der Waals surface area (Å²) in [6.45, 7) is 7.23. The van der Waals surface area contributed by atoms with Gasteiger partial charge in [-0.3, -0.25) is 9.59 Å². The number of carboxylic acid groups (broad SMARTS) is 1. The predicted molar refractivity (Wildman–Crippen MR) is 94.1 cm³/mol. The normalized spacial score (nSPS) is 11.7. The molecule has 1 aromatic rings. The van der Waals surface area contributed by atoms with Crippen molar-refractivity contribution in [2.24, 2.45) is 0 Å². The number of benzene rings is 1. The van der Waals surface area contributed by atoms with E-state index in [-0.39, 0.29) is 30.7 Å². The lowest BCUT2D eigenvalue weighted by atomic mass is 10.2. The highest BCUT2D eigenvalue weighted by atomic mass is 32.2. The van der Waals surface area contributed by atoms with Crippen LogP contribution in [0.2, 0.25) is 0 Å². The van der Waals surface area contributed by atoms with Crippen LogP contribution in [0.5, 0.6) is 0 Å². The fourth-order valence-electron chi connectivity index (χ4n) is 2.20. The Kier molecular flexibility index (Phi) is 7.78. The van der Waals surface area contributed by atoms with Gasteiger partial charge in [0.15, 0.2) is 0 Å². The third-order valence-electron chi connectivity index (χ3n) is 3.55. The molecule has 0 spiro atoms. The van der Waals surface area contributed by atoms with Crippen LogP contribution in [0.15, 0.2) is 23.1 Å². The summed E-state index contributed by atoms with van der Waals surface area (Å²) in [5.74, 6) is -1.39. The summed E-state index contributed by atoms with van der Waals surface area (Å²) in [5.41, 5.74) is 2.24. The molecule has 1 unspecified atom stereocenters. The number of aryl methyl sites for hydroxylation is 2. The van der Waals surface area contributed by atoms with E-state index in [0.29, 0.717) is 0 Å². The van der Waals surface area contributed by atoms with E-state index in [2.05, 4.69) is 5.32 Å². The third-order valence-corrected chi connectivity index (χ3v) is 4.71. The maximum atomic E-state index is 12.4. The lowest BCUT2D eigenvalue weighted by Crippen LogP contribution is -2.47. The van der Waals surface area contributed by atoms with Gasteiger partial charge in [-0.05, 0) is 32.4 Å². The van der Waals surface area contributed by atoms with E-state index in [9.17, 15) is 19.5 Å². The molecule has 0 bridgehead atoms. The van der Waals surface area contributed by atoms with E-state index in [4.69, 9.17) is 0 Å². The number of carboxylic acids is 1. The van der Waals surface area contributed by atoms with E-state index in [1.807, 2.05) is 32.0 Å². The Bertz CT molecular complexity index is 619. The van der Waals surface area contributed by atoms with Gasteiger partial charge in [-0.15, -0.1) is 11.8 Å². The minimum Gasteiger partial charge on any atom is -0.480 e. The maximum absolute atomic E-state index is 12.4. The molecule has 0 heterocycles. The van der Waals surface area contributed by atoms with Gasteiger partial charge in [0, 0.05) is 24.9 Å². The van der Waals surface area contributed by atoms with Gasteiger partial charge in [-0.1, -0.05) is 17.7 Å². The van der Waals surface area contributed by atoms with Gasteiger partial charge in [0.05, 0.1) is 5.75 Å². The van der Waals surface area contributed by atoms with Gasteiger partial charge in [-0.25, -0.2) is 4.79 Å². The molecule has 0 aliphatic rings. The van der Waals surface area contributed by atoms with Crippen LogP contribution in [0.25, 0.3) is 0 Å². The first kappa shape index (κ1) is 20.0. The molecule has 0 aromatic heterocycles. The zero-order valence-corrected chi connectivity index (χ0v) is 15.3. The largest absolute Gasteiger partial charge is 0.480 e. The van der Waals surface area contributed by atoms with Gasteiger partial charge in [-0.2, -0.15) is 0 Å². The summed E-state index contributed by atoms with van der Waals surface area (Å²) in [6.07, 6.45) is 0. The number of nitrogens with one attached hydrogen (secondary N) is 1. The zero-order valence-electron chi connectivity index (χ0n) is 14.5. The quantitative estimate of drug-likeness (QED) is 0.697. The average molecular weight is 352 g/mol. The number of hydrogen-bond acceptors (Lipinski definition) is 4. The van der Waals surface area contributed by atoms with Crippen LogP contribution in [0.4, 0.5) is 0 Å². The van der Waals surface area contributed by atoms with Crippen molar-refractivity contribution in [3.8, 4) is 0 Å². The second-order valence-corrected chi connectivity index (χ2v) is 6.66. The fourth-order valence-corrected chi connectivity index (χ4v) is 3.10. The Labute approximate surface area is 146 Å². The molecular formula is C17H24N2O4S. The Hall–Kier alpha value is -2.02. The van der Waals surface area contributed by atoms with Crippen LogP contribution in [-0.2, 0) is 14.4 Å². The zero-order chi connectivity index (χ0) is 18.3. The van der Waals surface area contributed by atoms with Crippen LogP contribution in [0.3, 0.4) is 0 Å². The smallest absolute Gasteiger partial charge is 0.326 e. The summed E-state index contributed by atoms with van der Waals surface area (Å²) in [5, 5.41) is 11.8. The SMILES string of the molecule is CC(=O)NCCN(C(=O)CSc1ccc(C)cc1C)C(C)C(=O)O. The standard InChI is InChI=1S/C17H24N2O4S/c1-11-5-6-15(12(2)9-11)24-10-16(21)19(13(3)17(22)23)8-7-18-14(4)20/h5-6,9,13H,7-8,10H2,1-4H3,(H,18,20)(H,22,23). The molecule has 0 saturated carbocycles. The Morgan fingerprint density at radius 3 is 2.50 bits per heavy atom. The van der Waals surface area contributed by atoms with E-state index < -0.39 is 12.0 Å². The van der Waals surface area contributed by atoms with E-state index in [0.717, 1.165) is 16.0 Å². The molecule has 0 radical (unpaired) electrons. The summed E-state index contributed by atoms with van der Waals surface area (Å²) in [7, 11) is 0. The summed E-state index contributed by atoms with van der Waals surface area (Å²) < 4.78 is 0. The second-order valence-electron chi connectivity index (χ2n) is 5.64. The molecule has 0 saturated heterocycles. The molecule has 2 amide bonds. The molecule has 6 nitrogen and oxygen atoms in total. The summed E-state index contributed by atoms with van der Waals surface area (Å²) >= 11 is 1.39. The lowest BCUT2D eigenvalue weighted by molar-refractivity contribution is -0.148. The van der Waals surface area contributed by atoms with Crippen LogP contribution in [0, 0.1) is 13.8 Å². The molecule has 24 heavy (non-hydrogen) atoms. The lowest BCUT2D eigenvalue weighted by Gasteiger charge is -2.26. The first-order valence-electron chi connectivity index (χ1n) is 7.69. The van der Waals surface area contributed by atoms with E-state index in [1.165, 1.54) is 30.5 Å². The average Bonchev–Trinajstić information content (AvgIpc) is 2.49. The Morgan fingerprint density at radius 1 is 1.29 bits per heavy atom. The second kappa shape index (κ2) is 9.32. The number of hydrogen-bond donors (Lipinski definition) is 2. The molecule has 2 N–H and O–H groups in total. The van der Waals surface area contributed by atoms with Crippen LogP contribution in [0.1, 0.15) is 25.0 Å². The van der Waals surface area contributed by atoms with Gasteiger partial charge < -0.3 is 15.3 Å². The van der Waals surface area contributed by atoms with Crippen molar-refractivity contribution in [1.29, 1.82) is 0 Å². The number of thioether (sulfide) groups is 1. The first-order chi connectivity index (χ1) is 11.2. The van der Waals surface area contributed by atoms with Crippen LogP contribution < -0.4 is 5.32 Å². The van der Waals surface area contributed by atoms with Crippen molar-refractivity contribution >= 4 is 29.5 Å². The fraction of sp³-hybridized carbons (Fsp3) is 0.471. The van der Waals surface area contributed by atoms with Crippen LogP contribution >= 0.6 is 11.8 Å². The van der Waals surface area contributed by atoms with E-state index >= 15 is 0 Å². The first-order valence-corrected chi connectivity index (χ1v) is 8.67. The minimum atomic E-state index is -1.07. The van der Waals surface area contributed by atoms with Crippen molar-refractivity contribution in [2.45, 2.75) is 38.6 Å². The molecule has 0 aliphatic heterocycles. The highest BCUT2D eigenvalue weighted by Crippen LogP contribution is 2.23. The van der Waals surface area contributed by atoms with Crippen LogP contribution in [-0.4, -0.2) is 52.7 Å². The third kappa shape index (κ3) is 6.23. The minimum absolute atomic E-state index is 0.154. The molecule has 1 rings (SSSR count). The van der Waals surface area contributed by atoms with Crippen molar-refractivity contribution in [2.75, 3.05) is 18.8 Å². The molecule has 132 valence electrons. The highest BCUT2D eigenvalue weighted by Gasteiger charge is 2.25. The van der Waals surface area contributed by atoms with Crippen molar-refractivity contribution < 1.29 is 19.5 Å². The highest BCUT2D eigenvalue weighted by molar-refractivity contribution is 8.00. The maximum Gasteiger partial charge on any atom is 0.326 e. The number of amides is 2. The van der Waals surface area contributed by atoms with Gasteiger partial charge >= 0.3 is 5.97 Å². The van der Waals surface area contributed by atoms with Crippen molar-refractivity contribution in [3.05, 3.63) is 29.3 Å². The topological polar surface area (TPSA) is 86.7 Å². The van der Waals surface area contributed by atoms with Gasteiger partial charge in [0.2, 0.25) is 11.8 Å². The number of aliphatic carboxylic acids is 1. The van der Waals surface area contributed by atoms with Crippen molar-refractivity contribution in [1.82, 2.24) is 10.2 Å². The summed E-state index contributed by atoms with van der Waals surface area (Å²) in [4.78, 5) is 36.9. The van der Waals surface area contributed by atoms with Gasteiger partial charge in [0.25, 0.3) is 0 Å². The predicted octanol–water partition coefficient (Wildman–Crippen LogP) is 1.83. The van der Waals surface area contributed by atoms with Gasteiger partial charge in [0.1, 0.15) is 6.04 Å². The molecule has 0 fully saturated rings. The summed E-state index contributed by atoms with van der Waals surface area (Å²) in [6, 6.07) is 5.05. The molecular weight excluding hydrogens is 328 g/mol. The number of carbonyl (C=O) groups excluding carboxylic acids is 2. The molecule has 7 heteroatoms. The molecule has 0 aliphatic carbocycles. The Balaban J connectivity index is 2.72. The van der Waals surface area contributed by atoms with E-state index in [1.54, 1.807) is 0 Å². The number of carbonyl (C=O) groups is 3. The Morgan fingerprint density at radius 2 is 1.96 bits per heavy atom. The number of rotatable bonds is 8. The number of nitrogens with zero attached hydrogens (tertiary/aromatic N) is 1. The monoisotopic (exact) mass is 352 g/mol. The molecule has 1 atom stereocenters.